The van der Waals surface area contributed by atoms with Crippen LogP contribution in [0.1, 0.15) is 5.69 Å². The molecule has 3 rings (SSSR count). The van der Waals surface area contributed by atoms with E-state index >= 15 is 0 Å². The fourth-order valence-electron chi connectivity index (χ4n) is 2.02. The van der Waals surface area contributed by atoms with Crippen molar-refractivity contribution in [2.45, 2.75) is 11.5 Å². The van der Waals surface area contributed by atoms with Crippen LogP contribution >= 0.6 is 0 Å². The van der Waals surface area contributed by atoms with Crippen LogP contribution in [0.15, 0.2) is 53.7 Å². The van der Waals surface area contributed by atoms with Crippen LogP contribution in [0.4, 0.5) is 5.69 Å². The zero-order valence-corrected chi connectivity index (χ0v) is 11.8. The molecule has 0 fully saturated rings. The van der Waals surface area contributed by atoms with Gasteiger partial charge in [0.05, 0.1) is 12.1 Å². The maximum absolute atomic E-state index is 12.2. The summed E-state index contributed by atoms with van der Waals surface area (Å²) in [4.78, 5) is 6.96. The number of nitrogens with one attached hydrogen (secondary N) is 2. The Morgan fingerprint density at radius 3 is 2.86 bits per heavy atom. The normalized spacial score (nSPS) is 11.7. The summed E-state index contributed by atoms with van der Waals surface area (Å²) >= 11 is 0. The van der Waals surface area contributed by atoms with Crippen molar-refractivity contribution < 1.29 is 13.5 Å². The standard InChI is InChI=1S/C14H13N3O3S/c18-9-12-7-13(8-16-12)21(19,20)17-11-3-4-14-10(6-11)2-1-5-15-14/h1-8,16-18H,9H2. The van der Waals surface area contributed by atoms with Gasteiger partial charge in [0.1, 0.15) is 4.90 Å². The zero-order chi connectivity index (χ0) is 14.9. The van der Waals surface area contributed by atoms with E-state index in [1.54, 1.807) is 30.5 Å². The smallest absolute Gasteiger partial charge is 0.263 e. The summed E-state index contributed by atoms with van der Waals surface area (Å²) < 4.78 is 27.0. The van der Waals surface area contributed by atoms with E-state index in [-0.39, 0.29) is 11.5 Å². The van der Waals surface area contributed by atoms with Gasteiger partial charge in [-0.25, -0.2) is 8.42 Å². The molecule has 0 amide bonds. The van der Waals surface area contributed by atoms with E-state index < -0.39 is 10.0 Å². The molecule has 7 heteroatoms. The quantitative estimate of drug-likeness (QED) is 0.685. The first kappa shape index (κ1) is 13.6. The minimum absolute atomic E-state index is 0.0813. The average Bonchev–Trinajstić information content (AvgIpc) is 2.96. The highest BCUT2D eigenvalue weighted by molar-refractivity contribution is 7.92. The van der Waals surface area contributed by atoms with E-state index in [0.29, 0.717) is 11.4 Å². The number of H-pyrrole nitrogens is 1. The Bertz CT molecular complexity index is 887. The molecule has 21 heavy (non-hydrogen) atoms. The molecule has 0 radical (unpaired) electrons. The molecule has 6 nitrogen and oxygen atoms in total. The van der Waals surface area contributed by atoms with Gasteiger partial charge in [0.2, 0.25) is 0 Å². The lowest BCUT2D eigenvalue weighted by Gasteiger charge is -2.07. The molecule has 0 spiro atoms. The highest BCUT2D eigenvalue weighted by Crippen LogP contribution is 2.21. The summed E-state index contributed by atoms with van der Waals surface area (Å²) in [6.45, 7) is -0.239. The molecular weight excluding hydrogens is 290 g/mol. The van der Waals surface area contributed by atoms with Crippen LogP contribution < -0.4 is 4.72 Å². The van der Waals surface area contributed by atoms with Crippen LogP contribution in [-0.4, -0.2) is 23.5 Å². The van der Waals surface area contributed by atoms with Gasteiger partial charge < -0.3 is 10.1 Å². The number of benzene rings is 1. The Morgan fingerprint density at radius 1 is 1.24 bits per heavy atom. The first-order chi connectivity index (χ1) is 10.1. The van der Waals surface area contributed by atoms with Crippen LogP contribution in [0.3, 0.4) is 0 Å². The highest BCUT2D eigenvalue weighted by atomic mass is 32.2. The fraction of sp³-hybridized carbons (Fsp3) is 0.0714. The number of sulfonamides is 1. The Balaban J connectivity index is 1.93. The third-order valence-electron chi connectivity index (χ3n) is 3.05. The second-order valence-electron chi connectivity index (χ2n) is 4.54. The van der Waals surface area contributed by atoms with Crippen molar-refractivity contribution in [1.29, 1.82) is 0 Å². The van der Waals surface area contributed by atoms with Crippen LogP contribution in [0.2, 0.25) is 0 Å². The van der Waals surface area contributed by atoms with E-state index in [1.807, 2.05) is 6.07 Å². The van der Waals surface area contributed by atoms with Crippen molar-refractivity contribution >= 4 is 26.6 Å². The molecule has 0 aliphatic carbocycles. The molecule has 2 aromatic heterocycles. The topological polar surface area (TPSA) is 95.1 Å². The lowest BCUT2D eigenvalue weighted by atomic mass is 10.2. The van der Waals surface area contributed by atoms with Crippen LogP contribution in [0, 0.1) is 0 Å². The van der Waals surface area contributed by atoms with E-state index in [9.17, 15) is 8.42 Å². The van der Waals surface area contributed by atoms with E-state index in [2.05, 4.69) is 14.7 Å². The predicted octanol–water partition coefficient (Wildman–Crippen LogP) is 1.86. The number of aromatic amines is 1. The molecule has 3 N–H and O–H groups in total. The molecule has 0 aliphatic heterocycles. The average molecular weight is 303 g/mol. The van der Waals surface area contributed by atoms with Gasteiger partial charge in [0, 0.05) is 29.2 Å². The second-order valence-corrected chi connectivity index (χ2v) is 6.22. The zero-order valence-electron chi connectivity index (χ0n) is 10.9. The molecular formula is C14H13N3O3S. The van der Waals surface area contributed by atoms with Gasteiger partial charge in [-0.2, -0.15) is 0 Å². The largest absolute Gasteiger partial charge is 0.390 e. The third-order valence-corrected chi connectivity index (χ3v) is 4.41. The maximum atomic E-state index is 12.2. The lowest BCUT2D eigenvalue weighted by molar-refractivity contribution is 0.277. The van der Waals surface area contributed by atoms with Gasteiger partial charge in [-0.3, -0.25) is 9.71 Å². The van der Waals surface area contributed by atoms with Crippen molar-refractivity contribution in [2.75, 3.05) is 4.72 Å². The van der Waals surface area contributed by atoms with Gasteiger partial charge in [-0.05, 0) is 30.3 Å². The number of hydrogen-bond donors (Lipinski definition) is 3. The van der Waals surface area contributed by atoms with Crippen LogP contribution in [0.5, 0.6) is 0 Å². The molecule has 3 aromatic rings. The van der Waals surface area contributed by atoms with E-state index in [0.717, 1.165) is 10.9 Å². The maximum Gasteiger partial charge on any atom is 0.263 e. The van der Waals surface area contributed by atoms with Crippen molar-refractivity contribution in [1.82, 2.24) is 9.97 Å². The summed E-state index contributed by atoms with van der Waals surface area (Å²) in [5.41, 5.74) is 1.70. The molecule has 0 saturated carbocycles. The van der Waals surface area contributed by atoms with Gasteiger partial charge in [-0.1, -0.05) is 6.07 Å². The van der Waals surface area contributed by atoms with Crippen LogP contribution in [0.25, 0.3) is 10.9 Å². The van der Waals surface area contributed by atoms with Crippen LogP contribution in [-0.2, 0) is 16.6 Å². The Morgan fingerprint density at radius 2 is 2.10 bits per heavy atom. The van der Waals surface area contributed by atoms with Gasteiger partial charge in [0.15, 0.2) is 0 Å². The molecule has 0 bridgehead atoms. The Kier molecular flexibility index (Phi) is 3.36. The summed E-state index contributed by atoms with van der Waals surface area (Å²) in [6, 6.07) is 10.2. The molecule has 0 unspecified atom stereocenters. The first-order valence-electron chi connectivity index (χ1n) is 6.24. The summed E-state index contributed by atoms with van der Waals surface area (Å²) in [5.74, 6) is 0. The number of fused-ring (bicyclic) bond motifs is 1. The summed E-state index contributed by atoms with van der Waals surface area (Å²) in [7, 11) is -3.68. The molecule has 0 atom stereocenters. The minimum atomic E-state index is -3.68. The number of hydrogen-bond acceptors (Lipinski definition) is 4. The molecule has 108 valence electrons. The number of aliphatic hydroxyl groups is 1. The number of nitrogens with zero attached hydrogens (tertiary/aromatic N) is 1. The van der Waals surface area contributed by atoms with Crippen molar-refractivity contribution in [3.63, 3.8) is 0 Å². The molecule has 1 aromatic carbocycles. The predicted molar refractivity (Wildman–Crippen MR) is 79.3 cm³/mol. The van der Waals surface area contributed by atoms with Gasteiger partial charge in [0.25, 0.3) is 10.0 Å². The molecule has 2 heterocycles. The second kappa shape index (κ2) is 5.19. The molecule has 0 saturated heterocycles. The van der Waals surface area contributed by atoms with Crippen molar-refractivity contribution in [3.05, 3.63) is 54.5 Å². The van der Waals surface area contributed by atoms with Gasteiger partial charge >= 0.3 is 0 Å². The number of aromatic nitrogens is 2. The van der Waals surface area contributed by atoms with Crippen molar-refractivity contribution in [2.24, 2.45) is 0 Å². The summed E-state index contributed by atoms with van der Waals surface area (Å²) in [6.07, 6.45) is 3.03. The Labute approximate surface area is 121 Å². The third kappa shape index (κ3) is 2.74. The first-order valence-corrected chi connectivity index (χ1v) is 7.72. The monoisotopic (exact) mass is 303 g/mol. The number of pyridine rings is 1. The van der Waals surface area contributed by atoms with Crippen molar-refractivity contribution in [3.8, 4) is 0 Å². The number of anilines is 1. The Hall–Kier alpha value is -2.38. The highest BCUT2D eigenvalue weighted by Gasteiger charge is 2.16. The molecule has 0 aliphatic rings. The van der Waals surface area contributed by atoms with E-state index in [4.69, 9.17) is 5.11 Å². The number of aliphatic hydroxyl groups excluding tert-OH is 1. The van der Waals surface area contributed by atoms with Gasteiger partial charge in [-0.15, -0.1) is 0 Å². The number of rotatable bonds is 4. The minimum Gasteiger partial charge on any atom is -0.390 e. The summed E-state index contributed by atoms with van der Waals surface area (Å²) in [5, 5.41) is 9.82. The van der Waals surface area contributed by atoms with E-state index in [1.165, 1.54) is 12.3 Å². The SMILES string of the molecule is O=S(=O)(Nc1ccc2ncccc2c1)c1c[nH]c(CO)c1. The lowest BCUT2D eigenvalue weighted by Crippen LogP contribution is -2.12. The fourth-order valence-corrected chi connectivity index (χ4v) is 3.09.